The first-order chi connectivity index (χ1) is 16.9. The Bertz CT molecular complexity index is 1250. The molecular formula is C28H24O7. The van der Waals surface area contributed by atoms with Crippen molar-refractivity contribution in [2.75, 3.05) is 6.61 Å². The fourth-order valence-corrected chi connectivity index (χ4v) is 4.61. The number of carbonyl (C=O) groups is 2. The molecular weight excluding hydrogens is 448 g/mol. The van der Waals surface area contributed by atoms with E-state index in [9.17, 15) is 19.8 Å². The summed E-state index contributed by atoms with van der Waals surface area (Å²) in [4.78, 5) is 25.6. The molecule has 178 valence electrons. The van der Waals surface area contributed by atoms with Gasteiger partial charge >= 0.3 is 11.9 Å². The third-order valence-electron chi connectivity index (χ3n) is 6.41. The number of fused-ring (bicyclic) bond motifs is 2. The van der Waals surface area contributed by atoms with Gasteiger partial charge in [0.2, 0.25) is 0 Å². The van der Waals surface area contributed by atoms with E-state index in [1.54, 1.807) is 78.9 Å². The molecule has 0 aromatic heterocycles. The average Bonchev–Trinajstić information content (AvgIpc) is 2.89. The molecule has 7 heteroatoms. The molecule has 0 bridgehead atoms. The van der Waals surface area contributed by atoms with E-state index in [1.165, 1.54) is 12.1 Å². The summed E-state index contributed by atoms with van der Waals surface area (Å²) in [6, 6.07) is 21.8. The zero-order valence-corrected chi connectivity index (χ0v) is 18.7. The Morgan fingerprint density at radius 1 is 0.943 bits per heavy atom. The molecule has 2 N–H and O–H groups in total. The summed E-state index contributed by atoms with van der Waals surface area (Å²) in [7, 11) is 0. The number of esters is 2. The van der Waals surface area contributed by atoms with Gasteiger partial charge in [0.25, 0.3) is 0 Å². The Kier molecular flexibility index (Phi) is 6.01. The molecule has 0 saturated carbocycles. The van der Waals surface area contributed by atoms with Crippen molar-refractivity contribution in [1.82, 2.24) is 0 Å². The average molecular weight is 472 g/mol. The summed E-state index contributed by atoms with van der Waals surface area (Å²) in [5.41, 5.74) is 0.261. The first-order valence-corrected chi connectivity index (χ1v) is 11.3. The van der Waals surface area contributed by atoms with E-state index in [0.29, 0.717) is 28.9 Å². The first kappa shape index (κ1) is 22.7. The maximum absolute atomic E-state index is 12.9. The van der Waals surface area contributed by atoms with Crippen LogP contribution in [0, 0.1) is 5.92 Å². The molecule has 3 aromatic rings. The van der Waals surface area contributed by atoms with E-state index >= 15 is 0 Å². The van der Waals surface area contributed by atoms with Crippen molar-refractivity contribution in [3.8, 4) is 11.5 Å². The van der Waals surface area contributed by atoms with Crippen molar-refractivity contribution in [2.24, 2.45) is 5.92 Å². The largest absolute Gasteiger partial charge is 0.508 e. The van der Waals surface area contributed by atoms with Crippen LogP contribution in [0.25, 0.3) is 0 Å². The van der Waals surface area contributed by atoms with E-state index < -0.39 is 35.7 Å². The lowest BCUT2D eigenvalue weighted by Crippen LogP contribution is -2.60. The second-order valence-electron chi connectivity index (χ2n) is 8.69. The predicted molar refractivity (Wildman–Crippen MR) is 126 cm³/mol. The number of phenols is 1. The van der Waals surface area contributed by atoms with Crippen LogP contribution in [0.1, 0.15) is 26.3 Å². The Morgan fingerprint density at radius 2 is 1.60 bits per heavy atom. The molecule has 4 atom stereocenters. The molecule has 1 aliphatic carbocycles. The lowest BCUT2D eigenvalue weighted by molar-refractivity contribution is -0.109. The van der Waals surface area contributed by atoms with Gasteiger partial charge in [-0.3, -0.25) is 0 Å². The quantitative estimate of drug-likeness (QED) is 0.431. The minimum Gasteiger partial charge on any atom is -0.508 e. The van der Waals surface area contributed by atoms with Crippen LogP contribution < -0.4 is 4.74 Å². The van der Waals surface area contributed by atoms with Gasteiger partial charge in [-0.05, 0) is 60.5 Å². The molecule has 1 aliphatic heterocycles. The molecule has 1 heterocycles. The molecule has 0 fully saturated rings. The number of aliphatic hydroxyl groups excluding tert-OH is 1. The van der Waals surface area contributed by atoms with E-state index in [2.05, 4.69) is 0 Å². The van der Waals surface area contributed by atoms with Gasteiger partial charge in [-0.15, -0.1) is 0 Å². The van der Waals surface area contributed by atoms with Crippen LogP contribution in [0.2, 0.25) is 0 Å². The zero-order valence-electron chi connectivity index (χ0n) is 18.7. The monoisotopic (exact) mass is 472 g/mol. The summed E-state index contributed by atoms with van der Waals surface area (Å²) in [5, 5.41) is 20.8. The number of ether oxygens (including phenoxy) is 3. The van der Waals surface area contributed by atoms with Crippen LogP contribution in [0.15, 0.2) is 91.0 Å². The molecule has 0 radical (unpaired) electrons. The van der Waals surface area contributed by atoms with Crippen LogP contribution in [0.3, 0.4) is 0 Å². The number of aromatic hydroxyl groups is 1. The van der Waals surface area contributed by atoms with Crippen molar-refractivity contribution in [1.29, 1.82) is 0 Å². The maximum atomic E-state index is 12.9. The van der Waals surface area contributed by atoms with E-state index in [4.69, 9.17) is 14.2 Å². The Hall–Kier alpha value is -4.10. The third kappa shape index (κ3) is 4.50. The Balaban J connectivity index is 1.47. The van der Waals surface area contributed by atoms with Gasteiger partial charge in [-0.2, -0.15) is 0 Å². The van der Waals surface area contributed by atoms with Gasteiger partial charge in [0.1, 0.15) is 30.3 Å². The van der Waals surface area contributed by atoms with Crippen LogP contribution in [0.5, 0.6) is 11.5 Å². The summed E-state index contributed by atoms with van der Waals surface area (Å²) in [5.74, 6) is -1.10. The van der Waals surface area contributed by atoms with Crippen molar-refractivity contribution in [2.45, 2.75) is 24.2 Å². The summed E-state index contributed by atoms with van der Waals surface area (Å²) in [6.07, 6.45) is 1.43. The fraction of sp³-hybridized carbons (Fsp3) is 0.214. The number of hydrogen-bond acceptors (Lipinski definition) is 7. The van der Waals surface area contributed by atoms with E-state index in [-0.39, 0.29) is 12.4 Å². The standard InChI is InChI=1S/C28H24O7/c29-21-11-12-24-20(15-21)16-22-25(34-27(32)19-9-5-2-6-10-19)23(30)13-14-28(22,35-24)17-33-26(31)18-7-3-1-4-8-18/h1-15,22-23,25,29-30H,16-17H2/t22-,23-,25+,28+/m1/s1. The number of benzene rings is 3. The topological polar surface area (TPSA) is 102 Å². The smallest absolute Gasteiger partial charge is 0.338 e. The van der Waals surface area contributed by atoms with Crippen LogP contribution >= 0.6 is 0 Å². The molecule has 7 nitrogen and oxygen atoms in total. The number of rotatable bonds is 5. The third-order valence-corrected chi connectivity index (χ3v) is 6.41. The minimum absolute atomic E-state index is 0.0695. The number of phenolic OH excluding ortho intramolecular Hbond substituents is 1. The fourth-order valence-electron chi connectivity index (χ4n) is 4.61. The highest BCUT2D eigenvalue weighted by Gasteiger charge is 2.53. The molecule has 0 unspecified atom stereocenters. The number of aliphatic hydroxyl groups is 1. The highest BCUT2D eigenvalue weighted by Crippen LogP contribution is 2.45. The highest BCUT2D eigenvalue weighted by molar-refractivity contribution is 5.90. The lowest BCUT2D eigenvalue weighted by Gasteiger charge is -2.48. The lowest BCUT2D eigenvalue weighted by atomic mass is 9.72. The molecule has 0 spiro atoms. The second kappa shape index (κ2) is 9.27. The van der Waals surface area contributed by atoms with Gasteiger partial charge in [0, 0.05) is 0 Å². The summed E-state index contributed by atoms with van der Waals surface area (Å²) in [6.45, 7) is -0.158. The van der Waals surface area contributed by atoms with Crippen LogP contribution in [-0.2, 0) is 15.9 Å². The number of hydrogen-bond donors (Lipinski definition) is 2. The van der Waals surface area contributed by atoms with Crippen molar-refractivity contribution >= 4 is 11.9 Å². The van der Waals surface area contributed by atoms with Crippen molar-refractivity contribution in [3.63, 3.8) is 0 Å². The zero-order chi connectivity index (χ0) is 24.4. The van der Waals surface area contributed by atoms with Crippen molar-refractivity contribution < 1.29 is 34.0 Å². The van der Waals surface area contributed by atoms with E-state index in [0.717, 1.165) is 0 Å². The van der Waals surface area contributed by atoms with Gasteiger partial charge < -0.3 is 24.4 Å². The van der Waals surface area contributed by atoms with Crippen molar-refractivity contribution in [3.05, 3.63) is 108 Å². The van der Waals surface area contributed by atoms with Gasteiger partial charge in [0.05, 0.1) is 17.0 Å². The molecule has 0 amide bonds. The predicted octanol–water partition coefficient (Wildman–Crippen LogP) is 3.70. The molecule has 3 aromatic carbocycles. The SMILES string of the molecule is O=C(OC[C@@]12C=C[C@@H](O)[C@@H](OC(=O)c3ccccc3)[C@H]1Cc1cc(O)ccc1O2)c1ccccc1. The molecule has 5 rings (SSSR count). The van der Waals surface area contributed by atoms with E-state index in [1.807, 2.05) is 0 Å². The highest BCUT2D eigenvalue weighted by atomic mass is 16.6. The summed E-state index contributed by atoms with van der Waals surface area (Å²) >= 11 is 0. The normalized spacial score (nSPS) is 24.4. The van der Waals surface area contributed by atoms with Gasteiger partial charge in [-0.1, -0.05) is 42.5 Å². The molecule has 35 heavy (non-hydrogen) atoms. The van der Waals surface area contributed by atoms with Gasteiger partial charge in [-0.25, -0.2) is 9.59 Å². The Morgan fingerprint density at radius 3 is 2.29 bits per heavy atom. The first-order valence-electron chi connectivity index (χ1n) is 11.3. The molecule has 0 saturated heterocycles. The molecule has 2 aliphatic rings. The Labute approximate surface area is 202 Å². The van der Waals surface area contributed by atoms with Crippen LogP contribution in [-0.4, -0.2) is 46.6 Å². The number of carbonyl (C=O) groups excluding carboxylic acids is 2. The second-order valence-corrected chi connectivity index (χ2v) is 8.69. The minimum atomic E-state index is -1.19. The summed E-state index contributed by atoms with van der Waals surface area (Å²) < 4.78 is 17.8. The maximum Gasteiger partial charge on any atom is 0.338 e. The van der Waals surface area contributed by atoms with Crippen LogP contribution in [0.4, 0.5) is 0 Å². The van der Waals surface area contributed by atoms with Gasteiger partial charge in [0.15, 0.2) is 5.60 Å².